The zero-order valence-electron chi connectivity index (χ0n) is 22.7. The van der Waals surface area contributed by atoms with Crippen molar-refractivity contribution >= 4 is 34.3 Å². The number of carbonyl (C=O) groups is 1. The first-order chi connectivity index (χ1) is 20.1. The number of benzene rings is 5. The van der Waals surface area contributed by atoms with E-state index in [1.165, 1.54) is 7.11 Å². The topological polar surface area (TPSA) is 56.2 Å². The summed E-state index contributed by atoms with van der Waals surface area (Å²) >= 11 is 6.63. The summed E-state index contributed by atoms with van der Waals surface area (Å²) in [6.45, 7) is 0. The molecule has 0 radical (unpaired) electrons. The van der Waals surface area contributed by atoms with Gasteiger partial charge in [-0.3, -0.25) is 0 Å². The van der Waals surface area contributed by atoms with E-state index < -0.39 is 11.5 Å². The summed E-state index contributed by atoms with van der Waals surface area (Å²) < 4.78 is 7.05. The van der Waals surface area contributed by atoms with E-state index in [9.17, 15) is 4.79 Å². The largest absolute Gasteiger partial charge is 0.465 e. The Morgan fingerprint density at radius 1 is 0.780 bits per heavy atom. The number of rotatable bonds is 7. The first-order valence-corrected chi connectivity index (χ1v) is 13.7. The van der Waals surface area contributed by atoms with Gasteiger partial charge in [0.2, 0.25) is 0 Å². The quantitative estimate of drug-likeness (QED) is 0.159. The summed E-state index contributed by atoms with van der Waals surface area (Å²) in [5.74, 6) is 0.320. The molecule has 5 nitrogen and oxygen atoms in total. The number of anilines is 1. The van der Waals surface area contributed by atoms with Crippen LogP contribution >= 0.6 is 11.6 Å². The lowest BCUT2D eigenvalue weighted by Crippen LogP contribution is -2.38. The monoisotopic (exact) mass is 557 g/mol. The van der Waals surface area contributed by atoms with E-state index in [0.29, 0.717) is 10.6 Å². The molecule has 6 heteroatoms. The van der Waals surface area contributed by atoms with Crippen molar-refractivity contribution in [3.05, 3.63) is 155 Å². The van der Waals surface area contributed by atoms with Crippen LogP contribution in [0.25, 0.3) is 22.0 Å². The number of methoxy groups -OCH3 is 1. The number of aromatic nitrogens is 2. The maximum atomic E-state index is 12.3. The highest BCUT2D eigenvalue weighted by Crippen LogP contribution is 2.44. The van der Waals surface area contributed by atoms with Gasteiger partial charge in [0.15, 0.2) is 5.82 Å². The van der Waals surface area contributed by atoms with Crippen LogP contribution in [0.4, 0.5) is 5.82 Å². The summed E-state index contributed by atoms with van der Waals surface area (Å²) in [6.07, 6.45) is 0. The third kappa shape index (κ3) is 4.45. The van der Waals surface area contributed by atoms with Gasteiger partial charge in [-0.2, -0.15) is 5.10 Å². The third-order valence-electron chi connectivity index (χ3n) is 7.51. The van der Waals surface area contributed by atoms with E-state index in [1.54, 1.807) is 18.2 Å². The number of halogens is 1. The van der Waals surface area contributed by atoms with Crippen LogP contribution in [0.2, 0.25) is 5.02 Å². The Bertz CT molecular complexity index is 1740. The summed E-state index contributed by atoms with van der Waals surface area (Å²) in [5, 5.41) is 10.0. The van der Waals surface area contributed by atoms with Crippen molar-refractivity contribution < 1.29 is 9.53 Å². The van der Waals surface area contributed by atoms with Crippen molar-refractivity contribution in [2.24, 2.45) is 0 Å². The second-order valence-corrected chi connectivity index (χ2v) is 10.1. The van der Waals surface area contributed by atoms with Gasteiger partial charge in [0.1, 0.15) is 5.54 Å². The number of carbonyl (C=O) groups excluding carboxylic acids is 1. The average Bonchev–Trinajstić information content (AvgIpc) is 3.41. The zero-order valence-corrected chi connectivity index (χ0v) is 23.5. The highest BCUT2D eigenvalue weighted by atomic mass is 35.5. The summed E-state index contributed by atoms with van der Waals surface area (Å²) in [7, 11) is 3.24. The summed E-state index contributed by atoms with van der Waals surface area (Å²) in [5.41, 5.74) is 5.48. The maximum Gasteiger partial charge on any atom is 0.337 e. The summed E-state index contributed by atoms with van der Waals surface area (Å²) in [4.78, 5) is 12.3. The van der Waals surface area contributed by atoms with E-state index in [4.69, 9.17) is 21.4 Å². The zero-order chi connectivity index (χ0) is 28.4. The molecular weight excluding hydrogens is 530 g/mol. The van der Waals surface area contributed by atoms with Gasteiger partial charge >= 0.3 is 5.97 Å². The van der Waals surface area contributed by atoms with Gasteiger partial charge in [0.05, 0.1) is 18.2 Å². The van der Waals surface area contributed by atoms with Crippen LogP contribution in [0.1, 0.15) is 27.0 Å². The van der Waals surface area contributed by atoms with Crippen LogP contribution in [-0.4, -0.2) is 29.9 Å². The molecule has 0 atom stereocenters. The lowest BCUT2D eigenvalue weighted by atomic mass is 9.77. The molecule has 6 rings (SSSR count). The molecule has 5 aromatic carbocycles. The molecular formula is C35H28ClN3O2. The minimum absolute atomic E-state index is 0.411. The Morgan fingerprint density at radius 3 is 1.85 bits per heavy atom. The van der Waals surface area contributed by atoms with Gasteiger partial charge in [0, 0.05) is 23.0 Å². The number of hydrogen-bond donors (Lipinski definition) is 1. The molecule has 0 bridgehead atoms. The first kappa shape index (κ1) is 26.4. The number of esters is 1. The second kappa shape index (κ2) is 11.0. The third-order valence-corrected chi connectivity index (χ3v) is 7.84. The number of hydrogen-bond acceptors (Lipinski definition) is 4. The molecule has 1 heterocycles. The minimum Gasteiger partial charge on any atom is -0.465 e. The Kier molecular flexibility index (Phi) is 7.04. The van der Waals surface area contributed by atoms with Gasteiger partial charge in [-0.1, -0.05) is 109 Å². The molecule has 0 unspecified atom stereocenters. The molecule has 0 saturated heterocycles. The SMILES string of the molecule is CNc1nn(C(c2ccccc2)(c2ccccc2)c2ccccc2)c2ccc(-c3cc(C(=O)OC)ccc3Cl)cc12. The van der Waals surface area contributed by atoms with Crippen LogP contribution in [0, 0.1) is 0 Å². The molecule has 0 spiro atoms. The maximum absolute atomic E-state index is 12.3. The van der Waals surface area contributed by atoms with Crippen LogP contribution in [0.3, 0.4) is 0 Å². The molecule has 202 valence electrons. The second-order valence-electron chi connectivity index (χ2n) is 9.74. The predicted octanol–water partition coefficient (Wildman–Crippen LogP) is 8.03. The molecule has 1 aromatic heterocycles. The van der Waals surface area contributed by atoms with E-state index >= 15 is 0 Å². The lowest BCUT2D eigenvalue weighted by Gasteiger charge is -2.37. The van der Waals surface area contributed by atoms with Crippen LogP contribution < -0.4 is 5.32 Å². The minimum atomic E-state index is -0.763. The molecule has 0 saturated carbocycles. The van der Waals surface area contributed by atoms with Crippen molar-refractivity contribution in [2.75, 3.05) is 19.5 Å². The molecule has 6 aromatic rings. The van der Waals surface area contributed by atoms with Crippen LogP contribution in [0.5, 0.6) is 0 Å². The Balaban J connectivity index is 1.67. The standard InChI is InChI=1S/C35H28ClN3O2/c1-37-33-30-22-24(29-23-25(34(40)41-2)18-20-31(29)36)19-21-32(30)39(38-33)35(26-12-6-3-7-13-26,27-14-8-4-9-15-27)28-16-10-5-11-17-28/h3-23H,1-2H3,(H,37,38). The highest BCUT2D eigenvalue weighted by molar-refractivity contribution is 6.33. The van der Waals surface area contributed by atoms with E-state index in [1.807, 2.05) is 31.3 Å². The Morgan fingerprint density at radius 2 is 1.34 bits per heavy atom. The Hall–Kier alpha value is -4.87. The smallest absolute Gasteiger partial charge is 0.337 e. The van der Waals surface area contributed by atoms with Gasteiger partial charge in [0.25, 0.3) is 0 Å². The molecule has 0 aliphatic carbocycles. The van der Waals surface area contributed by atoms with Crippen molar-refractivity contribution in [3.63, 3.8) is 0 Å². The molecule has 41 heavy (non-hydrogen) atoms. The van der Waals surface area contributed by atoms with E-state index in [-0.39, 0.29) is 0 Å². The van der Waals surface area contributed by atoms with Gasteiger partial charge < -0.3 is 10.1 Å². The fraction of sp³-hybridized carbons (Fsp3) is 0.0857. The van der Waals surface area contributed by atoms with Crippen molar-refractivity contribution in [2.45, 2.75) is 5.54 Å². The van der Waals surface area contributed by atoms with Gasteiger partial charge in [-0.15, -0.1) is 0 Å². The highest BCUT2D eigenvalue weighted by Gasteiger charge is 2.40. The van der Waals surface area contributed by atoms with Gasteiger partial charge in [-0.05, 0) is 52.6 Å². The van der Waals surface area contributed by atoms with Crippen LogP contribution in [-0.2, 0) is 10.3 Å². The van der Waals surface area contributed by atoms with Crippen LogP contribution in [0.15, 0.2) is 127 Å². The normalized spacial score (nSPS) is 11.4. The van der Waals surface area contributed by atoms with Crippen molar-refractivity contribution in [1.82, 2.24) is 9.78 Å². The number of fused-ring (bicyclic) bond motifs is 1. The van der Waals surface area contributed by atoms with E-state index in [2.05, 4.69) is 94.9 Å². The fourth-order valence-electron chi connectivity index (χ4n) is 5.62. The fourth-order valence-corrected chi connectivity index (χ4v) is 5.85. The molecule has 0 amide bonds. The summed E-state index contributed by atoms with van der Waals surface area (Å²) in [6, 6.07) is 42.7. The molecule has 0 aliphatic heterocycles. The van der Waals surface area contributed by atoms with E-state index in [0.717, 1.165) is 44.5 Å². The molecule has 0 aliphatic rings. The lowest BCUT2D eigenvalue weighted by molar-refractivity contribution is 0.0601. The molecule has 1 N–H and O–H groups in total. The van der Waals surface area contributed by atoms with Crippen molar-refractivity contribution in [3.8, 4) is 11.1 Å². The average molecular weight is 558 g/mol. The van der Waals surface area contributed by atoms with Crippen molar-refractivity contribution in [1.29, 1.82) is 0 Å². The number of nitrogens with one attached hydrogen (secondary N) is 1. The number of ether oxygens (including phenoxy) is 1. The predicted molar refractivity (Wildman–Crippen MR) is 166 cm³/mol. The molecule has 0 fully saturated rings. The first-order valence-electron chi connectivity index (χ1n) is 13.3. The number of nitrogens with zero attached hydrogens (tertiary/aromatic N) is 2. The Labute approximate surface area is 244 Å². The van der Waals surface area contributed by atoms with Gasteiger partial charge in [-0.25, -0.2) is 9.48 Å².